The van der Waals surface area contributed by atoms with Crippen molar-refractivity contribution < 1.29 is 4.79 Å². The first-order valence-electron chi connectivity index (χ1n) is 5.49. The van der Waals surface area contributed by atoms with Gasteiger partial charge in [0.15, 0.2) is 0 Å². The number of carbonyl (C=O) groups is 1. The van der Waals surface area contributed by atoms with Gasteiger partial charge in [-0.3, -0.25) is 4.79 Å². The largest absolute Gasteiger partial charge is 0.368 e. The van der Waals surface area contributed by atoms with E-state index in [1.807, 2.05) is 36.9 Å². The highest BCUT2D eigenvalue weighted by molar-refractivity contribution is 9.10. The third-order valence-electron chi connectivity index (χ3n) is 2.53. The molecule has 0 aromatic heterocycles. The monoisotopic (exact) mass is 299 g/mol. The highest BCUT2D eigenvalue weighted by Gasteiger charge is 2.16. The maximum Gasteiger partial charge on any atom is 0.236 e. The molecular formula is C12H18BrN3O. The summed E-state index contributed by atoms with van der Waals surface area (Å²) in [7, 11) is 0. The maximum absolute atomic E-state index is 11.1. The van der Waals surface area contributed by atoms with Crippen molar-refractivity contribution in [2.75, 3.05) is 11.4 Å². The van der Waals surface area contributed by atoms with E-state index in [0.29, 0.717) is 6.54 Å². The summed E-state index contributed by atoms with van der Waals surface area (Å²) < 4.78 is 0.958. The molecule has 0 bridgehead atoms. The van der Waals surface area contributed by atoms with Crippen LogP contribution in [0.25, 0.3) is 0 Å². The topological polar surface area (TPSA) is 72.3 Å². The summed E-state index contributed by atoms with van der Waals surface area (Å²) in [6.45, 7) is 4.67. The van der Waals surface area contributed by atoms with Crippen molar-refractivity contribution in [3.8, 4) is 0 Å². The van der Waals surface area contributed by atoms with E-state index in [1.165, 1.54) is 0 Å². The fourth-order valence-electron chi connectivity index (χ4n) is 1.69. The van der Waals surface area contributed by atoms with Crippen LogP contribution in [0.1, 0.15) is 19.4 Å². The van der Waals surface area contributed by atoms with Crippen molar-refractivity contribution in [3.05, 3.63) is 28.2 Å². The van der Waals surface area contributed by atoms with Crippen LogP contribution in [0, 0.1) is 0 Å². The molecule has 94 valence electrons. The number of rotatable bonds is 5. The van der Waals surface area contributed by atoms with Gasteiger partial charge in [0.2, 0.25) is 5.91 Å². The number of halogens is 1. The maximum atomic E-state index is 11.1. The van der Waals surface area contributed by atoms with Crippen LogP contribution in [-0.2, 0) is 11.3 Å². The van der Waals surface area contributed by atoms with Crippen molar-refractivity contribution in [1.29, 1.82) is 0 Å². The van der Waals surface area contributed by atoms with Crippen LogP contribution in [0.2, 0.25) is 0 Å². The van der Waals surface area contributed by atoms with Crippen LogP contribution < -0.4 is 16.4 Å². The molecule has 0 unspecified atom stereocenters. The van der Waals surface area contributed by atoms with Crippen molar-refractivity contribution in [2.24, 2.45) is 11.5 Å². The van der Waals surface area contributed by atoms with Gasteiger partial charge in [-0.15, -0.1) is 0 Å². The Hall–Kier alpha value is -1.07. The van der Waals surface area contributed by atoms with Gasteiger partial charge < -0.3 is 16.4 Å². The summed E-state index contributed by atoms with van der Waals surface area (Å²) in [6.07, 6.45) is 0. The quantitative estimate of drug-likeness (QED) is 0.867. The second-order valence-electron chi connectivity index (χ2n) is 4.17. The van der Waals surface area contributed by atoms with Crippen molar-refractivity contribution >= 4 is 27.5 Å². The third-order valence-corrected chi connectivity index (χ3v) is 3.02. The SMILES string of the molecule is CC(C)N(CC(N)=O)c1cc(Br)ccc1CN. The fourth-order valence-corrected chi connectivity index (χ4v) is 2.04. The number of benzene rings is 1. The van der Waals surface area contributed by atoms with E-state index in [4.69, 9.17) is 11.5 Å². The van der Waals surface area contributed by atoms with E-state index < -0.39 is 0 Å². The minimum Gasteiger partial charge on any atom is -0.368 e. The number of amides is 1. The van der Waals surface area contributed by atoms with Gasteiger partial charge in [-0.2, -0.15) is 0 Å². The molecule has 0 aliphatic rings. The highest BCUT2D eigenvalue weighted by atomic mass is 79.9. The molecule has 0 saturated heterocycles. The van der Waals surface area contributed by atoms with E-state index in [0.717, 1.165) is 15.7 Å². The third kappa shape index (κ3) is 3.71. The summed E-state index contributed by atoms with van der Waals surface area (Å²) in [4.78, 5) is 13.1. The molecule has 17 heavy (non-hydrogen) atoms. The first-order valence-corrected chi connectivity index (χ1v) is 6.28. The Labute approximate surface area is 110 Å². The number of primary amides is 1. The first kappa shape index (κ1) is 14.0. The van der Waals surface area contributed by atoms with Crippen molar-refractivity contribution in [2.45, 2.75) is 26.4 Å². The van der Waals surface area contributed by atoms with Gasteiger partial charge in [-0.25, -0.2) is 0 Å². The molecule has 1 aromatic rings. The van der Waals surface area contributed by atoms with Crippen LogP contribution in [0.15, 0.2) is 22.7 Å². The number of nitrogens with zero attached hydrogens (tertiary/aromatic N) is 1. The molecule has 4 N–H and O–H groups in total. The Balaban J connectivity index is 3.16. The lowest BCUT2D eigenvalue weighted by Gasteiger charge is -2.29. The van der Waals surface area contributed by atoms with Gasteiger partial charge in [-0.1, -0.05) is 22.0 Å². The van der Waals surface area contributed by atoms with Gasteiger partial charge in [0, 0.05) is 22.7 Å². The number of nitrogens with two attached hydrogens (primary N) is 2. The number of anilines is 1. The van der Waals surface area contributed by atoms with E-state index in [9.17, 15) is 4.79 Å². The Morgan fingerprint density at radius 2 is 2.12 bits per heavy atom. The van der Waals surface area contributed by atoms with E-state index in [1.54, 1.807) is 0 Å². The molecule has 0 aliphatic carbocycles. The van der Waals surface area contributed by atoms with Gasteiger partial charge in [-0.05, 0) is 31.5 Å². The molecule has 0 spiro atoms. The zero-order valence-corrected chi connectivity index (χ0v) is 11.7. The molecule has 0 fully saturated rings. The molecular weight excluding hydrogens is 282 g/mol. The van der Waals surface area contributed by atoms with Crippen LogP contribution in [0.3, 0.4) is 0 Å². The van der Waals surface area contributed by atoms with Gasteiger partial charge >= 0.3 is 0 Å². The molecule has 0 aliphatic heterocycles. The van der Waals surface area contributed by atoms with E-state index in [-0.39, 0.29) is 18.5 Å². The predicted octanol–water partition coefficient (Wildman–Crippen LogP) is 1.61. The summed E-state index contributed by atoms with van der Waals surface area (Å²) >= 11 is 3.43. The second-order valence-corrected chi connectivity index (χ2v) is 5.08. The molecule has 5 heteroatoms. The summed E-state index contributed by atoms with van der Waals surface area (Å²) in [5.74, 6) is -0.346. The van der Waals surface area contributed by atoms with Crippen LogP contribution >= 0.6 is 15.9 Å². The summed E-state index contributed by atoms with van der Waals surface area (Å²) in [6, 6.07) is 6.04. The Kier molecular flexibility index (Phi) is 4.96. The Morgan fingerprint density at radius 1 is 1.47 bits per heavy atom. The lowest BCUT2D eigenvalue weighted by atomic mass is 10.1. The Bertz CT molecular complexity index is 407. The van der Waals surface area contributed by atoms with Crippen LogP contribution in [0.5, 0.6) is 0 Å². The van der Waals surface area contributed by atoms with Crippen LogP contribution in [-0.4, -0.2) is 18.5 Å². The molecule has 1 amide bonds. The molecule has 0 saturated carbocycles. The lowest BCUT2D eigenvalue weighted by molar-refractivity contribution is -0.116. The molecule has 0 heterocycles. The molecule has 1 rings (SSSR count). The average molecular weight is 300 g/mol. The standard InChI is InChI=1S/C12H18BrN3O/c1-8(2)16(7-12(15)17)11-5-10(13)4-3-9(11)6-14/h3-5,8H,6-7,14H2,1-2H3,(H2,15,17). The number of hydrogen-bond donors (Lipinski definition) is 2. The van der Waals surface area contributed by atoms with Crippen molar-refractivity contribution in [3.63, 3.8) is 0 Å². The average Bonchev–Trinajstić information content (AvgIpc) is 2.25. The van der Waals surface area contributed by atoms with Gasteiger partial charge in [0.25, 0.3) is 0 Å². The molecule has 4 nitrogen and oxygen atoms in total. The predicted molar refractivity (Wildman–Crippen MR) is 73.7 cm³/mol. The second kappa shape index (κ2) is 6.02. The summed E-state index contributed by atoms with van der Waals surface area (Å²) in [5.41, 5.74) is 12.9. The highest BCUT2D eigenvalue weighted by Crippen LogP contribution is 2.26. The van der Waals surface area contributed by atoms with Gasteiger partial charge in [0.1, 0.15) is 0 Å². The van der Waals surface area contributed by atoms with Crippen LogP contribution in [0.4, 0.5) is 5.69 Å². The first-order chi connectivity index (χ1) is 7.95. The minimum atomic E-state index is -0.346. The molecule has 0 atom stereocenters. The van der Waals surface area contributed by atoms with Crippen molar-refractivity contribution in [1.82, 2.24) is 0 Å². The van der Waals surface area contributed by atoms with E-state index in [2.05, 4.69) is 15.9 Å². The zero-order chi connectivity index (χ0) is 13.0. The Morgan fingerprint density at radius 3 is 2.59 bits per heavy atom. The lowest BCUT2D eigenvalue weighted by Crippen LogP contribution is -2.39. The van der Waals surface area contributed by atoms with E-state index >= 15 is 0 Å². The number of carbonyl (C=O) groups excluding carboxylic acids is 1. The zero-order valence-electron chi connectivity index (χ0n) is 10.1. The normalized spacial score (nSPS) is 10.6. The smallest absolute Gasteiger partial charge is 0.236 e. The summed E-state index contributed by atoms with van der Waals surface area (Å²) in [5, 5.41) is 0. The molecule has 0 radical (unpaired) electrons. The van der Waals surface area contributed by atoms with Gasteiger partial charge in [0.05, 0.1) is 6.54 Å². The minimum absolute atomic E-state index is 0.182. The fraction of sp³-hybridized carbons (Fsp3) is 0.417. The molecule has 1 aromatic carbocycles. The number of hydrogen-bond acceptors (Lipinski definition) is 3.